The summed E-state index contributed by atoms with van der Waals surface area (Å²) in [6.45, 7) is 3.69. The first-order valence-electron chi connectivity index (χ1n) is 9.81. The van der Waals surface area contributed by atoms with Gasteiger partial charge >= 0.3 is 0 Å². The number of hydrogen-bond acceptors (Lipinski definition) is 4. The van der Waals surface area contributed by atoms with Crippen molar-refractivity contribution >= 4 is 11.6 Å². The van der Waals surface area contributed by atoms with Crippen LogP contribution in [0.4, 0.5) is 4.39 Å². The Labute approximate surface area is 163 Å². The van der Waals surface area contributed by atoms with Crippen LogP contribution in [-0.4, -0.2) is 51.4 Å². The number of halogens is 1. The van der Waals surface area contributed by atoms with Gasteiger partial charge in [-0.1, -0.05) is 12.8 Å². The average molecular weight is 381 g/mol. The summed E-state index contributed by atoms with van der Waals surface area (Å²) in [6, 6.07) is 6.10. The number of imidazole rings is 1. The molecule has 0 radical (unpaired) electrons. The van der Waals surface area contributed by atoms with Crippen LogP contribution in [0, 0.1) is 5.82 Å². The number of carbonyl (C=O) groups is 1. The molecule has 0 saturated carbocycles. The molecule has 0 bridgehead atoms. The van der Waals surface area contributed by atoms with Crippen molar-refractivity contribution < 1.29 is 9.18 Å². The molecule has 1 fully saturated rings. The van der Waals surface area contributed by atoms with Crippen molar-refractivity contribution in [3.05, 3.63) is 54.4 Å². The van der Waals surface area contributed by atoms with Gasteiger partial charge in [0.1, 0.15) is 17.2 Å². The topological polar surface area (TPSA) is 62.5 Å². The Kier molecular flexibility index (Phi) is 5.62. The molecule has 146 valence electrons. The van der Waals surface area contributed by atoms with E-state index in [0.29, 0.717) is 23.6 Å². The van der Waals surface area contributed by atoms with Crippen LogP contribution in [0.3, 0.4) is 0 Å². The van der Waals surface area contributed by atoms with Gasteiger partial charge in [0, 0.05) is 37.2 Å². The predicted molar refractivity (Wildman–Crippen MR) is 106 cm³/mol. The molecule has 28 heavy (non-hydrogen) atoms. The van der Waals surface area contributed by atoms with Crippen LogP contribution in [0.15, 0.2) is 42.9 Å². The highest BCUT2D eigenvalue weighted by molar-refractivity contribution is 5.93. The van der Waals surface area contributed by atoms with E-state index in [9.17, 15) is 9.18 Å². The summed E-state index contributed by atoms with van der Waals surface area (Å²) < 4.78 is 15.0. The van der Waals surface area contributed by atoms with Gasteiger partial charge in [-0.2, -0.15) is 0 Å². The number of carbonyl (C=O) groups excluding carboxylic acids is 1. The first-order chi connectivity index (χ1) is 13.7. The fourth-order valence-corrected chi connectivity index (χ4v) is 3.62. The summed E-state index contributed by atoms with van der Waals surface area (Å²) >= 11 is 0. The second kappa shape index (κ2) is 8.48. The summed E-state index contributed by atoms with van der Waals surface area (Å²) in [4.78, 5) is 23.8. The van der Waals surface area contributed by atoms with Crippen LogP contribution in [0.1, 0.15) is 36.2 Å². The van der Waals surface area contributed by atoms with Crippen LogP contribution < -0.4 is 5.32 Å². The number of hydrogen-bond donors (Lipinski definition) is 1. The third-order valence-corrected chi connectivity index (χ3v) is 5.14. The molecule has 1 aliphatic rings. The number of fused-ring (bicyclic) bond motifs is 1. The number of rotatable bonds is 5. The molecule has 6 nitrogen and oxygen atoms in total. The lowest BCUT2D eigenvalue weighted by Crippen LogP contribution is -2.35. The molecule has 3 heterocycles. The van der Waals surface area contributed by atoms with Crippen molar-refractivity contribution in [3.8, 4) is 11.3 Å². The SMILES string of the molecule is O=C(NCCN1CCCCCC1)c1cn2ccnc(-c3ccc(F)cc3)c2n1. The quantitative estimate of drug-likeness (QED) is 0.738. The third-order valence-electron chi connectivity index (χ3n) is 5.14. The van der Waals surface area contributed by atoms with Gasteiger partial charge in [0.25, 0.3) is 5.91 Å². The molecule has 7 heteroatoms. The Morgan fingerprint density at radius 1 is 1.11 bits per heavy atom. The first kappa shape index (κ1) is 18.6. The van der Waals surface area contributed by atoms with Crippen LogP contribution >= 0.6 is 0 Å². The van der Waals surface area contributed by atoms with Crippen LogP contribution in [0.2, 0.25) is 0 Å². The van der Waals surface area contributed by atoms with Gasteiger partial charge in [0.15, 0.2) is 5.65 Å². The van der Waals surface area contributed by atoms with Gasteiger partial charge < -0.3 is 14.6 Å². The normalized spacial score (nSPS) is 15.5. The van der Waals surface area contributed by atoms with Crippen molar-refractivity contribution in [3.63, 3.8) is 0 Å². The number of benzene rings is 1. The lowest BCUT2D eigenvalue weighted by atomic mass is 10.1. The largest absolute Gasteiger partial charge is 0.349 e. The van der Waals surface area contributed by atoms with E-state index in [2.05, 4.69) is 20.2 Å². The minimum atomic E-state index is -0.302. The zero-order chi connectivity index (χ0) is 19.3. The van der Waals surface area contributed by atoms with Crippen LogP contribution in [0.25, 0.3) is 16.9 Å². The first-order valence-corrected chi connectivity index (χ1v) is 9.81. The number of nitrogens with one attached hydrogen (secondary N) is 1. The molecule has 3 aromatic rings. The summed E-state index contributed by atoms with van der Waals surface area (Å²) in [5.74, 6) is -0.493. The molecule has 1 amide bonds. The minimum absolute atomic E-state index is 0.191. The molecule has 0 spiro atoms. The van der Waals surface area contributed by atoms with Crippen LogP contribution in [0.5, 0.6) is 0 Å². The van der Waals surface area contributed by atoms with Gasteiger partial charge in [0.05, 0.1) is 0 Å². The zero-order valence-corrected chi connectivity index (χ0v) is 15.8. The molecule has 0 unspecified atom stereocenters. The Morgan fingerprint density at radius 2 is 1.86 bits per heavy atom. The number of aromatic nitrogens is 3. The number of nitrogens with zero attached hydrogens (tertiary/aromatic N) is 4. The monoisotopic (exact) mass is 381 g/mol. The molecule has 0 aliphatic carbocycles. The maximum atomic E-state index is 13.2. The average Bonchev–Trinajstić information content (AvgIpc) is 2.98. The summed E-state index contributed by atoms with van der Waals surface area (Å²) in [6.07, 6.45) is 10.2. The summed E-state index contributed by atoms with van der Waals surface area (Å²) in [5.41, 5.74) is 2.30. The van der Waals surface area contributed by atoms with E-state index >= 15 is 0 Å². The summed E-state index contributed by atoms with van der Waals surface area (Å²) in [5, 5.41) is 2.97. The van der Waals surface area contributed by atoms with Gasteiger partial charge in [-0.3, -0.25) is 9.78 Å². The smallest absolute Gasteiger partial charge is 0.271 e. The molecule has 0 atom stereocenters. The second-order valence-electron chi connectivity index (χ2n) is 7.15. The molecule has 4 rings (SSSR count). The van der Waals surface area contributed by atoms with E-state index in [-0.39, 0.29) is 11.7 Å². The van der Waals surface area contributed by atoms with Gasteiger partial charge in [-0.05, 0) is 50.2 Å². The highest BCUT2D eigenvalue weighted by atomic mass is 19.1. The van der Waals surface area contributed by atoms with Crippen molar-refractivity contribution in [1.82, 2.24) is 24.6 Å². The highest BCUT2D eigenvalue weighted by Crippen LogP contribution is 2.22. The highest BCUT2D eigenvalue weighted by Gasteiger charge is 2.15. The van der Waals surface area contributed by atoms with E-state index < -0.39 is 0 Å². The fraction of sp³-hybridized carbons (Fsp3) is 0.381. The zero-order valence-electron chi connectivity index (χ0n) is 15.8. The Morgan fingerprint density at radius 3 is 2.61 bits per heavy atom. The fourth-order valence-electron chi connectivity index (χ4n) is 3.62. The molecule has 2 aromatic heterocycles. The lowest BCUT2D eigenvalue weighted by molar-refractivity contribution is 0.0944. The van der Waals surface area contributed by atoms with Crippen molar-refractivity contribution in [2.75, 3.05) is 26.2 Å². The van der Waals surface area contributed by atoms with E-state index in [4.69, 9.17) is 0 Å². The Bertz CT molecular complexity index is 945. The molecular weight excluding hydrogens is 357 g/mol. The van der Waals surface area contributed by atoms with E-state index in [1.165, 1.54) is 37.8 Å². The number of likely N-dealkylation sites (tertiary alicyclic amines) is 1. The molecule has 1 saturated heterocycles. The maximum absolute atomic E-state index is 13.2. The standard InChI is InChI=1S/C21H24FN5O/c22-17-7-5-16(6-8-17)19-20-25-18(15-27(20)14-10-23-19)21(28)24-9-13-26-11-3-1-2-4-12-26/h5-8,10,14-15H,1-4,9,11-13H2,(H,24,28). The summed E-state index contributed by atoms with van der Waals surface area (Å²) in [7, 11) is 0. The van der Waals surface area contributed by atoms with Crippen molar-refractivity contribution in [2.24, 2.45) is 0 Å². The van der Waals surface area contributed by atoms with Gasteiger partial charge in [-0.25, -0.2) is 9.37 Å². The van der Waals surface area contributed by atoms with Gasteiger partial charge in [0.2, 0.25) is 0 Å². The molecule has 1 N–H and O–H groups in total. The predicted octanol–water partition coefficient (Wildman–Crippen LogP) is 3.14. The Hall–Kier alpha value is -2.80. The van der Waals surface area contributed by atoms with E-state index in [1.807, 2.05) is 0 Å². The Balaban J connectivity index is 1.46. The van der Waals surface area contributed by atoms with Gasteiger partial charge in [-0.15, -0.1) is 0 Å². The van der Waals surface area contributed by atoms with E-state index in [1.54, 1.807) is 35.1 Å². The molecule has 1 aromatic carbocycles. The maximum Gasteiger partial charge on any atom is 0.271 e. The number of amides is 1. The second-order valence-corrected chi connectivity index (χ2v) is 7.15. The molecular formula is C21H24FN5O. The van der Waals surface area contributed by atoms with E-state index in [0.717, 1.165) is 25.2 Å². The third kappa shape index (κ3) is 4.20. The van der Waals surface area contributed by atoms with Crippen molar-refractivity contribution in [1.29, 1.82) is 0 Å². The lowest BCUT2D eigenvalue weighted by Gasteiger charge is -2.19. The minimum Gasteiger partial charge on any atom is -0.349 e. The van der Waals surface area contributed by atoms with Crippen molar-refractivity contribution in [2.45, 2.75) is 25.7 Å². The van der Waals surface area contributed by atoms with Crippen LogP contribution in [-0.2, 0) is 0 Å². The molecule has 1 aliphatic heterocycles.